The molecule has 1 aliphatic carbocycles. The van der Waals surface area contributed by atoms with Crippen molar-refractivity contribution in [1.29, 1.82) is 0 Å². The fourth-order valence-electron chi connectivity index (χ4n) is 6.86. The second-order valence-electron chi connectivity index (χ2n) is 14.5. The van der Waals surface area contributed by atoms with Gasteiger partial charge in [0.2, 0.25) is 0 Å². The van der Waals surface area contributed by atoms with Crippen LogP contribution in [0.4, 0.5) is 0 Å². The Bertz CT molecular complexity index is 1990. The first-order chi connectivity index (χ1) is 22.0. The number of rotatable bonds is 5. The van der Waals surface area contributed by atoms with Crippen molar-refractivity contribution < 1.29 is 4.74 Å². The zero-order valence-electron chi connectivity index (χ0n) is 27.8. The smallest absolute Gasteiger partial charge is 0.139 e. The minimum Gasteiger partial charge on any atom is -0.457 e. The van der Waals surface area contributed by atoms with Gasteiger partial charge in [0.15, 0.2) is 0 Å². The number of aromatic nitrogens is 3. The highest BCUT2D eigenvalue weighted by molar-refractivity contribution is 5.87. The van der Waals surface area contributed by atoms with Gasteiger partial charge in [0.25, 0.3) is 0 Å². The van der Waals surface area contributed by atoms with Gasteiger partial charge in [0.1, 0.15) is 17.3 Å². The van der Waals surface area contributed by atoms with E-state index in [9.17, 15) is 0 Å². The van der Waals surface area contributed by atoms with E-state index >= 15 is 0 Å². The number of benzene rings is 4. The van der Waals surface area contributed by atoms with Crippen molar-refractivity contribution in [3.63, 3.8) is 0 Å². The van der Waals surface area contributed by atoms with Gasteiger partial charge in [0.05, 0.1) is 11.1 Å². The minimum atomic E-state index is -0.618. The van der Waals surface area contributed by atoms with Gasteiger partial charge in [-0.05, 0) is 86.2 Å². The fraction of sp³-hybridized carbons (Fsp3) is 0.238. The minimum absolute atomic E-state index is 0.0182. The lowest BCUT2D eigenvalue weighted by Crippen LogP contribution is -2.30. The molecule has 0 fully saturated rings. The number of aryl methyl sites for hydroxylation is 1. The number of pyridine rings is 1. The SMILES string of the molecule is Cn1ccnc1-c1cccc(Oc2cccc(C3(c4ccccn4)c4ccc(C(C)(C)C)cc4-c4cc(C(C)(C)C)ccc43)c2)c1. The Morgan fingerprint density at radius 2 is 1.24 bits per heavy atom. The largest absolute Gasteiger partial charge is 0.457 e. The Morgan fingerprint density at radius 1 is 0.609 bits per heavy atom. The van der Waals surface area contributed by atoms with Crippen molar-refractivity contribution in [2.24, 2.45) is 7.05 Å². The molecular weight excluding hydrogens is 562 g/mol. The molecule has 0 saturated heterocycles. The fourth-order valence-corrected chi connectivity index (χ4v) is 6.86. The maximum Gasteiger partial charge on any atom is 0.139 e. The third kappa shape index (κ3) is 4.93. The number of imidazole rings is 1. The lowest BCUT2D eigenvalue weighted by molar-refractivity contribution is 0.481. The summed E-state index contributed by atoms with van der Waals surface area (Å²) in [4.78, 5) is 9.59. The molecule has 0 spiro atoms. The molecule has 0 atom stereocenters. The topological polar surface area (TPSA) is 39.9 Å². The number of hydrogen-bond donors (Lipinski definition) is 0. The lowest BCUT2D eigenvalue weighted by Gasteiger charge is -2.33. The summed E-state index contributed by atoms with van der Waals surface area (Å²) in [6.07, 6.45) is 5.68. The van der Waals surface area contributed by atoms with Crippen molar-refractivity contribution in [3.05, 3.63) is 155 Å². The van der Waals surface area contributed by atoms with Gasteiger partial charge in [0, 0.05) is 31.2 Å². The Hall–Kier alpha value is -4.96. The molecule has 7 rings (SSSR count). The molecule has 0 saturated carbocycles. The molecule has 2 heterocycles. The predicted molar refractivity (Wildman–Crippen MR) is 188 cm³/mol. The highest BCUT2D eigenvalue weighted by Gasteiger charge is 2.48. The third-order valence-corrected chi connectivity index (χ3v) is 9.33. The van der Waals surface area contributed by atoms with E-state index in [2.05, 4.69) is 119 Å². The molecule has 0 aliphatic heterocycles. The molecule has 230 valence electrons. The Morgan fingerprint density at radius 3 is 1.80 bits per heavy atom. The second-order valence-corrected chi connectivity index (χ2v) is 14.5. The van der Waals surface area contributed by atoms with E-state index in [1.807, 2.05) is 60.5 Å². The highest BCUT2D eigenvalue weighted by Crippen LogP contribution is 2.57. The summed E-state index contributed by atoms with van der Waals surface area (Å²) in [7, 11) is 2.00. The maximum absolute atomic E-state index is 6.58. The molecule has 1 aliphatic rings. The van der Waals surface area contributed by atoms with Crippen LogP contribution in [0.25, 0.3) is 22.5 Å². The first kappa shape index (κ1) is 29.7. The van der Waals surface area contributed by atoms with Gasteiger partial charge in [-0.2, -0.15) is 0 Å². The number of hydrogen-bond acceptors (Lipinski definition) is 3. The number of ether oxygens (including phenoxy) is 1. The summed E-state index contributed by atoms with van der Waals surface area (Å²) in [6, 6.07) is 37.0. The molecule has 4 nitrogen and oxygen atoms in total. The zero-order valence-corrected chi connectivity index (χ0v) is 27.8. The van der Waals surface area contributed by atoms with Crippen molar-refractivity contribution in [3.8, 4) is 34.0 Å². The maximum atomic E-state index is 6.58. The average molecular weight is 604 g/mol. The van der Waals surface area contributed by atoms with Gasteiger partial charge in [-0.3, -0.25) is 4.98 Å². The van der Waals surface area contributed by atoms with Crippen molar-refractivity contribution >= 4 is 0 Å². The molecule has 46 heavy (non-hydrogen) atoms. The van der Waals surface area contributed by atoms with Crippen LogP contribution in [0.5, 0.6) is 11.5 Å². The molecular formula is C42H41N3O. The molecule has 0 N–H and O–H groups in total. The van der Waals surface area contributed by atoms with E-state index in [4.69, 9.17) is 9.72 Å². The van der Waals surface area contributed by atoms with Crippen LogP contribution in [-0.2, 0) is 23.3 Å². The number of fused-ring (bicyclic) bond motifs is 3. The van der Waals surface area contributed by atoms with Crippen LogP contribution < -0.4 is 4.74 Å². The Kier molecular flexibility index (Phi) is 7.01. The van der Waals surface area contributed by atoms with Crippen LogP contribution in [0, 0.1) is 0 Å². The molecule has 0 radical (unpaired) electrons. The summed E-state index contributed by atoms with van der Waals surface area (Å²) in [6.45, 7) is 13.7. The van der Waals surface area contributed by atoms with Gasteiger partial charge in [-0.1, -0.05) is 108 Å². The van der Waals surface area contributed by atoms with Gasteiger partial charge >= 0.3 is 0 Å². The second kappa shape index (κ2) is 10.8. The molecule has 6 aromatic rings. The summed E-state index contributed by atoms with van der Waals surface area (Å²) < 4.78 is 8.60. The molecule has 0 amide bonds. The standard InChI is InChI=1S/C42H41N3O/c1-40(2,3)29-17-19-36-34(26-29)35-27-30(41(4,5)6)18-20-37(35)42(36,38-16-8-9-21-43-38)31-13-11-15-33(25-31)46-32-14-10-12-28(24-32)39-44-22-23-45(39)7/h8-27H,1-7H3. The van der Waals surface area contributed by atoms with Crippen LogP contribution in [0.3, 0.4) is 0 Å². The summed E-state index contributed by atoms with van der Waals surface area (Å²) >= 11 is 0. The Balaban J connectivity index is 1.44. The van der Waals surface area contributed by atoms with E-state index in [-0.39, 0.29) is 10.8 Å². The van der Waals surface area contributed by atoms with E-state index in [1.54, 1.807) is 0 Å². The summed E-state index contributed by atoms with van der Waals surface area (Å²) in [5, 5.41) is 0. The third-order valence-electron chi connectivity index (χ3n) is 9.33. The van der Waals surface area contributed by atoms with E-state index < -0.39 is 5.41 Å². The summed E-state index contributed by atoms with van der Waals surface area (Å²) in [5.74, 6) is 2.44. The zero-order chi connectivity index (χ0) is 32.3. The van der Waals surface area contributed by atoms with Crippen molar-refractivity contribution in [1.82, 2.24) is 14.5 Å². The van der Waals surface area contributed by atoms with Crippen LogP contribution in [0.15, 0.2) is 122 Å². The van der Waals surface area contributed by atoms with Crippen LogP contribution in [0.1, 0.15) is 75.1 Å². The number of nitrogens with zero attached hydrogens (tertiary/aromatic N) is 3. The molecule has 2 aromatic heterocycles. The van der Waals surface area contributed by atoms with Gasteiger partial charge in [-0.15, -0.1) is 0 Å². The van der Waals surface area contributed by atoms with E-state index in [1.165, 1.54) is 33.4 Å². The van der Waals surface area contributed by atoms with Crippen LogP contribution in [-0.4, -0.2) is 14.5 Å². The van der Waals surface area contributed by atoms with E-state index in [0.717, 1.165) is 34.1 Å². The molecule has 0 unspecified atom stereocenters. The molecule has 4 heteroatoms. The van der Waals surface area contributed by atoms with Crippen LogP contribution >= 0.6 is 0 Å². The first-order valence-electron chi connectivity index (χ1n) is 16.0. The first-order valence-corrected chi connectivity index (χ1v) is 16.0. The molecule has 0 bridgehead atoms. The van der Waals surface area contributed by atoms with Gasteiger partial charge < -0.3 is 9.30 Å². The van der Waals surface area contributed by atoms with Crippen molar-refractivity contribution in [2.45, 2.75) is 57.8 Å². The lowest BCUT2D eigenvalue weighted by atomic mass is 9.69. The normalized spacial score (nSPS) is 13.7. The van der Waals surface area contributed by atoms with E-state index in [0.29, 0.717) is 0 Å². The summed E-state index contributed by atoms with van der Waals surface area (Å²) in [5.41, 5.74) is 10.2. The predicted octanol–water partition coefficient (Wildman–Crippen LogP) is 10.2. The van der Waals surface area contributed by atoms with Crippen LogP contribution in [0.2, 0.25) is 0 Å². The Labute approximate surface area is 272 Å². The monoisotopic (exact) mass is 603 g/mol. The van der Waals surface area contributed by atoms with Crippen molar-refractivity contribution in [2.75, 3.05) is 0 Å². The highest BCUT2D eigenvalue weighted by atomic mass is 16.5. The van der Waals surface area contributed by atoms with Gasteiger partial charge in [-0.25, -0.2) is 4.98 Å². The molecule has 4 aromatic carbocycles. The quantitative estimate of drug-likeness (QED) is 0.197. The average Bonchev–Trinajstić information content (AvgIpc) is 3.59.